The molecule has 612 valence electrons. The Morgan fingerprint density at radius 1 is 0.272 bits per heavy atom. The molecule has 0 bridgehead atoms. The summed E-state index contributed by atoms with van der Waals surface area (Å²) in [4.78, 5) is 73.2. The minimum Gasteiger partial charge on any atom is -0.462 e. The zero-order valence-electron chi connectivity index (χ0n) is 67.5. The molecule has 3 unspecified atom stereocenters. The van der Waals surface area contributed by atoms with E-state index in [-0.39, 0.29) is 25.7 Å². The minimum absolute atomic E-state index is 0.108. The van der Waals surface area contributed by atoms with Gasteiger partial charge in [-0.3, -0.25) is 37.3 Å². The average molecular weight is 1510 g/mol. The fraction of sp³-hybridized carbons (Fsp3) is 0.952. The number of aliphatic hydroxyl groups is 1. The maximum Gasteiger partial charge on any atom is 0.472 e. The summed E-state index contributed by atoms with van der Waals surface area (Å²) in [7, 11) is -9.92. The Kier molecular flexibility index (Phi) is 75.4. The first-order chi connectivity index (χ1) is 50.1. The number of esters is 4. The van der Waals surface area contributed by atoms with E-state index in [0.29, 0.717) is 25.7 Å². The first-order valence-corrected chi connectivity index (χ1v) is 46.7. The lowest BCUT2D eigenvalue weighted by Crippen LogP contribution is -2.30. The Morgan fingerprint density at radius 2 is 0.466 bits per heavy atom. The number of rotatable bonds is 84. The number of phosphoric acid groups is 2. The molecular formula is C84H164O17P2. The van der Waals surface area contributed by atoms with E-state index >= 15 is 0 Å². The number of carbonyl (C=O) groups excluding carboxylic acids is 4. The van der Waals surface area contributed by atoms with Gasteiger partial charge in [0.2, 0.25) is 0 Å². The summed E-state index contributed by atoms with van der Waals surface area (Å²) in [5.74, 6) is -1.32. The van der Waals surface area contributed by atoms with Gasteiger partial charge in [0.15, 0.2) is 12.2 Å². The topological polar surface area (TPSA) is 237 Å². The Bertz CT molecular complexity index is 1960. The van der Waals surface area contributed by atoms with Gasteiger partial charge < -0.3 is 33.8 Å². The summed E-state index contributed by atoms with van der Waals surface area (Å²) < 4.78 is 68.9. The van der Waals surface area contributed by atoms with E-state index in [1.54, 1.807) is 0 Å². The third-order valence-corrected chi connectivity index (χ3v) is 22.0. The summed E-state index contributed by atoms with van der Waals surface area (Å²) in [5, 5.41) is 10.7. The summed E-state index contributed by atoms with van der Waals surface area (Å²) in [6.45, 7) is 7.36. The smallest absolute Gasteiger partial charge is 0.462 e. The molecule has 0 saturated carbocycles. The number of hydrogen-bond acceptors (Lipinski definition) is 15. The maximum atomic E-state index is 13.1. The van der Waals surface area contributed by atoms with Gasteiger partial charge in [0.25, 0.3) is 0 Å². The molecule has 0 saturated heterocycles. The first kappa shape index (κ1) is 101. The fourth-order valence-electron chi connectivity index (χ4n) is 13.1. The molecule has 0 amide bonds. The van der Waals surface area contributed by atoms with E-state index in [2.05, 4.69) is 34.6 Å². The Labute approximate surface area is 632 Å². The standard InChI is InChI=1S/C84H164O17P2/c1-6-10-13-16-19-22-25-28-31-33-35-38-40-43-46-52-57-62-67-81(86)94-73-79(100-83(88)70-65-60-55-48-45-42-39-36-34-32-29-26-23-20-17-14-11-7-2)75-98-102(90,91)96-71-78(85)72-97-103(92,93)99-76-80(74-95-82(87)68-63-58-53-50-49-51-56-61-66-77(5)9-4)101-84(89)69-64-59-54-47-44-41-37-30-27-24-21-18-15-12-8-3/h77-80,85H,6-76H2,1-5H3,(H,90,91)(H,92,93)/t77?,78-,79-,80-/m1/s1. The van der Waals surface area contributed by atoms with Gasteiger partial charge in [-0.25, -0.2) is 9.13 Å². The molecule has 3 N–H and O–H groups in total. The molecule has 19 heteroatoms. The van der Waals surface area contributed by atoms with Crippen LogP contribution in [0.3, 0.4) is 0 Å². The Morgan fingerprint density at radius 3 is 0.689 bits per heavy atom. The monoisotopic (exact) mass is 1510 g/mol. The molecule has 0 radical (unpaired) electrons. The normalized spacial score (nSPS) is 14.1. The van der Waals surface area contributed by atoms with E-state index in [1.165, 1.54) is 276 Å². The van der Waals surface area contributed by atoms with Crippen LogP contribution >= 0.6 is 15.6 Å². The SMILES string of the molecule is CCCCCCCCCCCCCCCCCCCCC(=O)OC[C@H](COP(=O)(O)OC[C@@H](O)COP(=O)(O)OC[C@@H](COC(=O)CCCCCCCCCCC(C)CC)OC(=O)CCCCCCCCCCCCCCCCC)OC(=O)CCCCCCCCCCCCCCCCCCCC. The van der Waals surface area contributed by atoms with Crippen LogP contribution < -0.4 is 0 Å². The molecule has 0 aliphatic rings. The van der Waals surface area contributed by atoms with Crippen LogP contribution in [-0.2, 0) is 65.4 Å². The highest BCUT2D eigenvalue weighted by atomic mass is 31.2. The molecule has 0 heterocycles. The Balaban J connectivity index is 5.26. The molecule has 0 aromatic heterocycles. The highest BCUT2D eigenvalue weighted by Crippen LogP contribution is 2.45. The molecule has 0 aromatic rings. The predicted octanol–water partition coefficient (Wildman–Crippen LogP) is 25.6. The van der Waals surface area contributed by atoms with Crippen LogP contribution in [0.2, 0.25) is 0 Å². The van der Waals surface area contributed by atoms with Crippen molar-refractivity contribution in [3.8, 4) is 0 Å². The van der Waals surface area contributed by atoms with E-state index in [1.807, 2.05) is 0 Å². The number of aliphatic hydroxyl groups excluding tert-OH is 1. The lowest BCUT2D eigenvalue weighted by atomic mass is 9.99. The molecule has 0 aliphatic heterocycles. The molecular weight excluding hydrogens is 1340 g/mol. The van der Waals surface area contributed by atoms with Crippen molar-refractivity contribution in [3.05, 3.63) is 0 Å². The number of unbranched alkanes of at least 4 members (excludes halogenated alkanes) is 55. The van der Waals surface area contributed by atoms with Gasteiger partial charge in [-0.1, -0.05) is 401 Å². The third-order valence-electron chi connectivity index (χ3n) is 20.1. The summed E-state index contributed by atoms with van der Waals surface area (Å²) in [5.41, 5.74) is 0. The second-order valence-electron chi connectivity index (χ2n) is 30.5. The lowest BCUT2D eigenvalue weighted by Gasteiger charge is -2.21. The predicted molar refractivity (Wildman–Crippen MR) is 423 cm³/mol. The first-order valence-electron chi connectivity index (χ1n) is 43.7. The molecule has 0 aromatic carbocycles. The van der Waals surface area contributed by atoms with Crippen LogP contribution in [0.5, 0.6) is 0 Å². The largest absolute Gasteiger partial charge is 0.472 e. The van der Waals surface area contributed by atoms with Crippen molar-refractivity contribution in [2.75, 3.05) is 39.6 Å². The molecule has 0 spiro atoms. The fourth-order valence-corrected chi connectivity index (χ4v) is 14.7. The molecule has 6 atom stereocenters. The van der Waals surface area contributed by atoms with Crippen LogP contribution in [-0.4, -0.2) is 96.7 Å². The molecule has 17 nitrogen and oxygen atoms in total. The van der Waals surface area contributed by atoms with Gasteiger partial charge in [-0.2, -0.15) is 0 Å². The van der Waals surface area contributed by atoms with Crippen LogP contribution in [0.1, 0.15) is 452 Å². The molecule has 0 rings (SSSR count). The zero-order valence-corrected chi connectivity index (χ0v) is 69.3. The lowest BCUT2D eigenvalue weighted by molar-refractivity contribution is -0.161. The van der Waals surface area contributed by atoms with Crippen molar-refractivity contribution in [1.82, 2.24) is 0 Å². The number of ether oxygens (including phenoxy) is 4. The Hall–Kier alpha value is -1.94. The molecule has 0 aliphatic carbocycles. The van der Waals surface area contributed by atoms with Gasteiger partial charge >= 0.3 is 39.5 Å². The van der Waals surface area contributed by atoms with E-state index in [9.17, 15) is 43.2 Å². The third kappa shape index (κ3) is 76.6. The number of carbonyl (C=O) groups is 4. The minimum atomic E-state index is -4.96. The van der Waals surface area contributed by atoms with E-state index < -0.39 is 97.5 Å². The van der Waals surface area contributed by atoms with Crippen LogP contribution in [0.15, 0.2) is 0 Å². The summed E-state index contributed by atoms with van der Waals surface area (Å²) in [6, 6.07) is 0. The van der Waals surface area contributed by atoms with Gasteiger partial charge in [-0.15, -0.1) is 0 Å². The van der Waals surface area contributed by atoms with Gasteiger partial charge in [0.05, 0.1) is 26.4 Å². The highest BCUT2D eigenvalue weighted by molar-refractivity contribution is 7.47. The zero-order chi connectivity index (χ0) is 75.5. The van der Waals surface area contributed by atoms with Crippen molar-refractivity contribution in [2.45, 2.75) is 470 Å². The van der Waals surface area contributed by atoms with Crippen LogP contribution in [0.4, 0.5) is 0 Å². The van der Waals surface area contributed by atoms with Crippen molar-refractivity contribution < 1.29 is 80.2 Å². The maximum absolute atomic E-state index is 13.1. The second-order valence-corrected chi connectivity index (χ2v) is 33.4. The van der Waals surface area contributed by atoms with Crippen molar-refractivity contribution in [1.29, 1.82) is 0 Å². The van der Waals surface area contributed by atoms with Crippen molar-refractivity contribution in [2.24, 2.45) is 5.92 Å². The van der Waals surface area contributed by atoms with E-state index in [4.69, 9.17) is 37.0 Å². The number of phosphoric ester groups is 2. The van der Waals surface area contributed by atoms with Gasteiger partial charge in [0.1, 0.15) is 19.3 Å². The van der Waals surface area contributed by atoms with Gasteiger partial charge in [-0.05, 0) is 31.6 Å². The molecule has 0 fully saturated rings. The van der Waals surface area contributed by atoms with Crippen molar-refractivity contribution in [3.63, 3.8) is 0 Å². The second kappa shape index (κ2) is 76.8. The average Bonchev–Trinajstić information content (AvgIpc) is 1.04. The van der Waals surface area contributed by atoms with E-state index in [0.717, 1.165) is 95.8 Å². The molecule has 103 heavy (non-hydrogen) atoms. The highest BCUT2D eigenvalue weighted by Gasteiger charge is 2.30. The van der Waals surface area contributed by atoms with Crippen LogP contribution in [0, 0.1) is 5.92 Å². The van der Waals surface area contributed by atoms with Crippen molar-refractivity contribution >= 4 is 39.5 Å². The van der Waals surface area contributed by atoms with Crippen LogP contribution in [0.25, 0.3) is 0 Å². The summed E-state index contributed by atoms with van der Waals surface area (Å²) >= 11 is 0. The number of hydrogen-bond donors (Lipinski definition) is 3. The summed E-state index contributed by atoms with van der Waals surface area (Å²) in [6.07, 6.45) is 69.3. The quantitative estimate of drug-likeness (QED) is 0.0222. The van der Waals surface area contributed by atoms with Gasteiger partial charge in [0, 0.05) is 25.7 Å².